The Morgan fingerprint density at radius 2 is 2.14 bits per heavy atom. The molecular formula is C12H17NO. The third-order valence-corrected chi connectivity index (χ3v) is 2.25. The zero-order chi connectivity index (χ0) is 10.6. The number of aromatic nitrogens is 1. The van der Waals surface area contributed by atoms with Gasteiger partial charge in [-0.25, -0.2) is 0 Å². The van der Waals surface area contributed by atoms with Crippen molar-refractivity contribution in [3.63, 3.8) is 0 Å². The van der Waals surface area contributed by atoms with Gasteiger partial charge in [-0.2, -0.15) is 0 Å². The van der Waals surface area contributed by atoms with Crippen LogP contribution in [0.5, 0.6) is 0 Å². The zero-order valence-corrected chi connectivity index (χ0v) is 9.03. The van der Waals surface area contributed by atoms with Gasteiger partial charge < -0.3 is 4.79 Å². The van der Waals surface area contributed by atoms with Crippen LogP contribution in [0.1, 0.15) is 37.4 Å². The fourth-order valence-electron chi connectivity index (χ4n) is 1.48. The SMILES string of the molecule is Cc1ccc(C(C=O)CC(C)C)cn1. The number of carbonyl (C=O) groups is 1. The summed E-state index contributed by atoms with van der Waals surface area (Å²) in [5.74, 6) is 0.537. The van der Waals surface area contributed by atoms with Crippen LogP contribution in [-0.2, 0) is 4.79 Å². The highest BCUT2D eigenvalue weighted by Gasteiger charge is 2.12. The highest BCUT2D eigenvalue weighted by Crippen LogP contribution is 2.20. The zero-order valence-electron chi connectivity index (χ0n) is 9.03. The second-order valence-corrected chi connectivity index (χ2v) is 4.11. The molecule has 2 heteroatoms. The van der Waals surface area contributed by atoms with Gasteiger partial charge in [0.25, 0.3) is 0 Å². The molecule has 0 radical (unpaired) electrons. The standard InChI is InChI=1S/C12H17NO/c1-9(2)6-12(8-14)11-5-4-10(3)13-7-11/h4-5,7-9,12H,6H2,1-3H3. The van der Waals surface area contributed by atoms with Crippen LogP contribution in [0, 0.1) is 12.8 Å². The van der Waals surface area contributed by atoms with Gasteiger partial charge in [-0.15, -0.1) is 0 Å². The van der Waals surface area contributed by atoms with Crippen molar-refractivity contribution < 1.29 is 4.79 Å². The van der Waals surface area contributed by atoms with E-state index in [1.54, 1.807) is 6.20 Å². The predicted octanol–water partition coefficient (Wildman–Crippen LogP) is 2.72. The van der Waals surface area contributed by atoms with Gasteiger partial charge in [-0.1, -0.05) is 19.9 Å². The van der Waals surface area contributed by atoms with Crippen LogP contribution >= 0.6 is 0 Å². The fraction of sp³-hybridized carbons (Fsp3) is 0.500. The number of pyridine rings is 1. The molecule has 0 aromatic carbocycles. The van der Waals surface area contributed by atoms with E-state index in [1.165, 1.54) is 0 Å². The first kappa shape index (κ1) is 10.9. The van der Waals surface area contributed by atoms with Crippen LogP contribution in [0.25, 0.3) is 0 Å². The van der Waals surface area contributed by atoms with Crippen molar-refractivity contribution in [3.8, 4) is 0 Å². The number of hydrogen-bond acceptors (Lipinski definition) is 2. The van der Waals surface area contributed by atoms with Gasteiger partial charge in [-0.3, -0.25) is 4.98 Å². The van der Waals surface area contributed by atoms with Crippen LogP contribution < -0.4 is 0 Å². The summed E-state index contributed by atoms with van der Waals surface area (Å²) in [5.41, 5.74) is 2.02. The largest absolute Gasteiger partial charge is 0.303 e. The normalized spacial score (nSPS) is 12.9. The maximum Gasteiger partial charge on any atom is 0.127 e. The Hall–Kier alpha value is -1.18. The molecule has 1 aromatic heterocycles. The lowest BCUT2D eigenvalue weighted by Gasteiger charge is -2.12. The molecule has 0 saturated carbocycles. The molecule has 0 spiro atoms. The second kappa shape index (κ2) is 4.89. The van der Waals surface area contributed by atoms with Crippen LogP contribution in [0.2, 0.25) is 0 Å². The third kappa shape index (κ3) is 2.95. The smallest absolute Gasteiger partial charge is 0.127 e. The summed E-state index contributed by atoms with van der Waals surface area (Å²) in [5, 5.41) is 0. The van der Waals surface area contributed by atoms with Crippen LogP contribution in [-0.4, -0.2) is 11.3 Å². The third-order valence-electron chi connectivity index (χ3n) is 2.25. The Morgan fingerprint density at radius 3 is 2.57 bits per heavy atom. The summed E-state index contributed by atoms with van der Waals surface area (Å²) in [6.45, 7) is 6.19. The number of hydrogen-bond donors (Lipinski definition) is 0. The minimum atomic E-state index is 0.00287. The van der Waals surface area contributed by atoms with E-state index in [0.29, 0.717) is 5.92 Å². The molecule has 1 atom stereocenters. The molecular weight excluding hydrogens is 174 g/mol. The lowest BCUT2D eigenvalue weighted by Crippen LogP contribution is -2.04. The Labute approximate surface area is 85.4 Å². The van der Waals surface area contributed by atoms with E-state index in [1.807, 2.05) is 19.1 Å². The van der Waals surface area contributed by atoms with E-state index in [9.17, 15) is 4.79 Å². The summed E-state index contributed by atoms with van der Waals surface area (Å²) < 4.78 is 0. The Balaban J connectivity index is 2.78. The number of carbonyl (C=O) groups excluding carboxylic acids is 1. The van der Waals surface area contributed by atoms with Gasteiger partial charge >= 0.3 is 0 Å². The quantitative estimate of drug-likeness (QED) is 0.685. The average Bonchev–Trinajstić information content (AvgIpc) is 2.15. The van der Waals surface area contributed by atoms with Gasteiger partial charge in [-0.05, 0) is 30.9 Å². The lowest BCUT2D eigenvalue weighted by molar-refractivity contribution is -0.109. The van der Waals surface area contributed by atoms with Crippen molar-refractivity contribution in [3.05, 3.63) is 29.6 Å². The van der Waals surface area contributed by atoms with E-state index in [0.717, 1.165) is 24.0 Å². The molecule has 0 aliphatic heterocycles. The van der Waals surface area contributed by atoms with E-state index in [-0.39, 0.29) is 5.92 Å². The molecule has 1 unspecified atom stereocenters. The molecule has 0 bridgehead atoms. The molecule has 1 rings (SSSR count). The first-order chi connectivity index (χ1) is 6.63. The number of aldehydes is 1. The number of nitrogens with zero attached hydrogens (tertiary/aromatic N) is 1. The van der Waals surface area contributed by atoms with E-state index in [4.69, 9.17) is 0 Å². The first-order valence-corrected chi connectivity index (χ1v) is 5.01. The van der Waals surface area contributed by atoms with Crippen molar-refractivity contribution in [2.24, 2.45) is 5.92 Å². The van der Waals surface area contributed by atoms with Gasteiger partial charge in [0.15, 0.2) is 0 Å². The molecule has 1 aromatic rings. The van der Waals surface area contributed by atoms with Crippen LogP contribution in [0.15, 0.2) is 18.3 Å². The topological polar surface area (TPSA) is 30.0 Å². The first-order valence-electron chi connectivity index (χ1n) is 5.01. The molecule has 0 fully saturated rings. The molecule has 0 saturated heterocycles. The number of rotatable bonds is 4. The summed E-state index contributed by atoms with van der Waals surface area (Å²) in [6, 6.07) is 3.94. The van der Waals surface area contributed by atoms with E-state index < -0.39 is 0 Å². The van der Waals surface area contributed by atoms with Crippen molar-refractivity contribution in [2.45, 2.75) is 33.1 Å². The molecule has 76 valence electrons. The summed E-state index contributed by atoms with van der Waals surface area (Å²) in [4.78, 5) is 15.1. The van der Waals surface area contributed by atoms with E-state index in [2.05, 4.69) is 18.8 Å². The Morgan fingerprint density at radius 1 is 1.43 bits per heavy atom. The van der Waals surface area contributed by atoms with Gasteiger partial charge in [0.2, 0.25) is 0 Å². The molecule has 0 aliphatic carbocycles. The average molecular weight is 191 g/mol. The molecule has 1 heterocycles. The minimum absolute atomic E-state index is 0.00287. The summed E-state index contributed by atoms with van der Waals surface area (Å²) in [7, 11) is 0. The Bertz CT molecular complexity index is 290. The van der Waals surface area contributed by atoms with Gasteiger partial charge in [0, 0.05) is 17.8 Å². The van der Waals surface area contributed by atoms with Crippen LogP contribution in [0.4, 0.5) is 0 Å². The molecule has 0 N–H and O–H groups in total. The monoisotopic (exact) mass is 191 g/mol. The highest BCUT2D eigenvalue weighted by atomic mass is 16.1. The maximum atomic E-state index is 10.9. The van der Waals surface area contributed by atoms with Gasteiger partial charge in [0.1, 0.15) is 6.29 Å². The van der Waals surface area contributed by atoms with Crippen LogP contribution in [0.3, 0.4) is 0 Å². The number of aryl methyl sites for hydroxylation is 1. The highest BCUT2D eigenvalue weighted by molar-refractivity contribution is 5.61. The van der Waals surface area contributed by atoms with Crippen molar-refractivity contribution >= 4 is 6.29 Å². The van der Waals surface area contributed by atoms with Gasteiger partial charge in [0.05, 0.1) is 0 Å². The van der Waals surface area contributed by atoms with Crippen molar-refractivity contribution in [1.29, 1.82) is 0 Å². The second-order valence-electron chi connectivity index (χ2n) is 4.11. The molecule has 2 nitrogen and oxygen atoms in total. The maximum absolute atomic E-state index is 10.9. The lowest BCUT2D eigenvalue weighted by atomic mass is 9.92. The van der Waals surface area contributed by atoms with Crippen molar-refractivity contribution in [1.82, 2.24) is 4.98 Å². The molecule has 0 aliphatic rings. The Kier molecular flexibility index (Phi) is 3.81. The summed E-state index contributed by atoms with van der Waals surface area (Å²) in [6.07, 6.45) is 3.72. The molecule has 0 amide bonds. The molecule has 14 heavy (non-hydrogen) atoms. The predicted molar refractivity (Wildman–Crippen MR) is 57.2 cm³/mol. The minimum Gasteiger partial charge on any atom is -0.303 e. The summed E-state index contributed by atoms with van der Waals surface area (Å²) >= 11 is 0. The fourth-order valence-corrected chi connectivity index (χ4v) is 1.48. The van der Waals surface area contributed by atoms with E-state index >= 15 is 0 Å². The van der Waals surface area contributed by atoms with Crippen molar-refractivity contribution in [2.75, 3.05) is 0 Å².